The molecule has 1 aromatic rings. The first-order valence-electron chi connectivity index (χ1n) is 6.71. The van der Waals surface area contributed by atoms with Crippen LogP contribution in [-0.4, -0.2) is 40.3 Å². The molecule has 3 N–H and O–H groups in total. The number of halogens is 1. The Hall–Kier alpha value is -1.67. The maximum atomic E-state index is 11.9. The SMILES string of the molecule is CC(C)(C)OC(=O)N[C@H](CO)CC(=O)Nc1ccc(Br)cn1. The van der Waals surface area contributed by atoms with Crippen LogP contribution in [-0.2, 0) is 9.53 Å². The standard InChI is InChI=1S/C14H20BrN3O4/c1-14(2,3)22-13(21)17-10(8-19)6-12(20)18-11-5-4-9(15)7-16-11/h4-5,7,10,19H,6,8H2,1-3H3,(H,17,21)(H,16,18,20)/t10-/m0/s1. The van der Waals surface area contributed by atoms with Gasteiger partial charge in [0.05, 0.1) is 12.6 Å². The summed E-state index contributed by atoms with van der Waals surface area (Å²) in [6.07, 6.45) is 0.784. The summed E-state index contributed by atoms with van der Waals surface area (Å²) in [5.41, 5.74) is -0.645. The van der Waals surface area contributed by atoms with E-state index in [4.69, 9.17) is 4.74 Å². The number of pyridine rings is 1. The van der Waals surface area contributed by atoms with E-state index in [-0.39, 0.29) is 18.9 Å². The lowest BCUT2D eigenvalue weighted by Crippen LogP contribution is -2.42. The van der Waals surface area contributed by atoms with Gasteiger partial charge in [-0.3, -0.25) is 4.79 Å². The van der Waals surface area contributed by atoms with E-state index in [2.05, 4.69) is 31.5 Å². The summed E-state index contributed by atoms with van der Waals surface area (Å²) in [6.45, 7) is 4.81. The average Bonchev–Trinajstić information content (AvgIpc) is 2.38. The van der Waals surface area contributed by atoms with Crippen LogP contribution in [0.25, 0.3) is 0 Å². The van der Waals surface area contributed by atoms with Gasteiger partial charge in [0, 0.05) is 17.1 Å². The highest BCUT2D eigenvalue weighted by molar-refractivity contribution is 9.10. The zero-order valence-electron chi connectivity index (χ0n) is 12.7. The molecule has 0 spiro atoms. The highest BCUT2D eigenvalue weighted by Gasteiger charge is 2.21. The second-order valence-electron chi connectivity index (χ2n) is 5.64. The number of carbonyl (C=O) groups excluding carboxylic acids is 2. The van der Waals surface area contributed by atoms with Crippen molar-refractivity contribution in [3.63, 3.8) is 0 Å². The maximum Gasteiger partial charge on any atom is 0.407 e. The number of hydrogen-bond acceptors (Lipinski definition) is 5. The minimum atomic E-state index is -0.731. The number of amides is 2. The highest BCUT2D eigenvalue weighted by atomic mass is 79.9. The molecule has 0 aliphatic heterocycles. The molecule has 0 bridgehead atoms. The number of alkyl carbamates (subject to hydrolysis) is 1. The summed E-state index contributed by atoms with van der Waals surface area (Å²) >= 11 is 3.24. The van der Waals surface area contributed by atoms with Crippen LogP contribution < -0.4 is 10.6 Å². The lowest BCUT2D eigenvalue weighted by molar-refractivity contribution is -0.116. The fourth-order valence-electron chi connectivity index (χ4n) is 1.50. The quantitative estimate of drug-likeness (QED) is 0.733. The van der Waals surface area contributed by atoms with E-state index < -0.39 is 17.7 Å². The molecular weight excluding hydrogens is 354 g/mol. The number of aliphatic hydroxyl groups excluding tert-OH is 1. The summed E-state index contributed by atoms with van der Waals surface area (Å²) < 4.78 is 5.87. The van der Waals surface area contributed by atoms with Crippen LogP contribution in [0.4, 0.5) is 10.6 Å². The Morgan fingerprint density at radius 2 is 2.09 bits per heavy atom. The first-order chi connectivity index (χ1) is 10.2. The maximum absolute atomic E-state index is 11.9. The Morgan fingerprint density at radius 3 is 2.59 bits per heavy atom. The third-order valence-electron chi connectivity index (χ3n) is 2.37. The van der Waals surface area contributed by atoms with Crippen molar-refractivity contribution in [1.82, 2.24) is 10.3 Å². The summed E-state index contributed by atoms with van der Waals surface area (Å²) in [6, 6.07) is 2.65. The molecule has 0 aliphatic rings. The van der Waals surface area contributed by atoms with Gasteiger partial charge in [0.25, 0.3) is 0 Å². The van der Waals surface area contributed by atoms with Gasteiger partial charge in [-0.15, -0.1) is 0 Å². The molecule has 0 radical (unpaired) electrons. The minimum absolute atomic E-state index is 0.0898. The van der Waals surface area contributed by atoms with Gasteiger partial charge in [-0.2, -0.15) is 0 Å². The van der Waals surface area contributed by atoms with Crippen molar-refractivity contribution in [2.75, 3.05) is 11.9 Å². The Bertz CT molecular complexity index is 514. The van der Waals surface area contributed by atoms with Gasteiger partial charge < -0.3 is 20.5 Å². The zero-order chi connectivity index (χ0) is 16.8. The van der Waals surface area contributed by atoms with Crippen molar-refractivity contribution in [3.05, 3.63) is 22.8 Å². The van der Waals surface area contributed by atoms with Crippen LogP contribution in [0, 0.1) is 0 Å². The predicted molar refractivity (Wildman–Crippen MR) is 85.4 cm³/mol. The molecule has 0 aromatic carbocycles. The van der Waals surface area contributed by atoms with Gasteiger partial charge in [-0.1, -0.05) is 0 Å². The molecule has 22 heavy (non-hydrogen) atoms. The molecule has 0 saturated carbocycles. The van der Waals surface area contributed by atoms with E-state index in [1.165, 1.54) is 0 Å². The number of hydrogen-bond donors (Lipinski definition) is 3. The van der Waals surface area contributed by atoms with E-state index >= 15 is 0 Å². The molecule has 0 fully saturated rings. The number of aromatic nitrogens is 1. The first-order valence-corrected chi connectivity index (χ1v) is 7.50. The Labute approximate surface area is 137 Å². The van der Waals surface area contributed by atoms with Crippen molar-refractivity contribution in [1.29, 1.82) is 0 Å². The van der Waals surface area contributed by atoms with E-state index in [1.54, 1.807) is 39.1 Å². The second kappa shape index (κ2) is 8.09. The minimum Gasteiger partial charge on any atom is -0.444 e. The molecule has 0 aliphatic carbocycles. The van der Waals surface area contributed by atoms with Crippen molar-refractivity contribution in [2.24, 2.45) is 0 Å². The fraction of sp³-hybridized carbons (Fsp3) is 0.500. The monoisotopic (exact) mass is 373 g/mol. The van der Waals surface area contributed by atoms with Crippen LogP contribution in [0.1, 0.15) is 27.2 Å². The average molecular weight is 374 g/mol. The van der Waals surface area contributed by atoms with Crippen LogP contribution >= 0.6 is 15.9 Å². The number of carbonyl (C=O) groups is 2. The molecule has 1 heterocycles. The van der Waals surface area contributed by atoms with Crippen molar-refractivity contribution >= 4 is 33.7 Å². The molecule has 0 unspecified atom stereocenters. The van der Waals surface area contributed by atoms with E-state index in [0.29, 0.717) is 5.82 Å². The largest absolute Gasteiger partial charge is 0.444 e. The van der Waals surface area contributed by atoms with E-state index in [1.807, 2.05) is 0 Å². The van der Waals surface area contributed by atoms with Gasteiger partial charge in [0.2, 0.25) is 5.91 Å². The molecule has 122 valence electrons. The molecule has 7 nitrogen and oxygen atoms in total. The molecular formula is C14H20BrN3O4. The first kappa shape index (κ1) is 18.4. The van der Waals surface area contributed by atoms with Gasteiger partial charge >= 0.3 is 6.09 Å². The Kier molecular flexibility index (Phi) is 6.76. The normalized spacial score (nSPS) is 12.4. The number of aliphatic hydroxyl groups is 1. The number of nitrogens with one attached hydrogen (secondary N) is 2. The van der Waals surface area contributed by atoms with Gasteiger partial charge in [-0.05, 0) is 48.8 Å². The summed E-state index contributed by atoms with van der Waals surface area (Å²) in [5, 5.41) is 14.3. The summed E-state index contributed by atoms with van der Waals surface area (Å²) in [5.74, 6) is 0.0205. The molecule has 1 atom stereocenters. The van der Waals surface area contributed by atoms with Gasteiger partial charge in [-0.25, -0.2) is 9.78 Å². The molecule has 1 aromatic heterocycles. The topological polar surface area (TPSA) is 101 Å². The smallest absolute Gasteiger partial charge is 0.407 e. The van der Waals surface area contributed by atoms with Crippen LogP contribution in [0.2, 0.25) is 0 Å². The van der Waals surface area contributed by atoms with E-state index in [9.17, 15) is 14.7 Å². The third kappa shape index (κ3) is 7.37. The molecule has 1 rings (SSSR count). The summed E-state index contributed by atoms with van der Waals surface area (Å²) in [7, 11) is 0. The molecule has 8 heteroatoms. The Morgan fingerprint density at radius 1 is 1.41 bits per heavy atom. The summed E-state index contributed by atoms with van der Waals surface area (Å²) in [4.78, 5) is 27.5. The molecule has 0 saturated heterocycles. The van der Waals surface area contributed by atoms with Crippen molar-refractivity contribution in [3.8, 4) is 0 Å². The lowest BCUT2D eigenvalue weighted by Gasteiger charge is -2.22. The number of ether oxygens (including phenoxy) is 1. The fourth-order valence-corrected chi connectivity index (χ4v) is 1.74. The predicted octanol–water partition coefficient (Wildman–Crippen LogP) is 2.06. The Balaban J connectivity index is 2.49. The van der Waals surface area contributed by atoms with Crippen LogP contribution in [0.15, 0.2) is 22.8 Å². The van der Waals surface area contributed by atoms with Gasteiger partial charge in [0.1, 0.15) is 11.4 Å². The number of anilines is 1. The zero-order valence-corrected chi connectivity index (χ0v) is 14.3. The van der Waals surface area contributed by atoms with Crippen LogP contribution in [0.5, 0.6) is 0 Å². The molecule has 2 amide bonds. The van der Waals surface area contributed by atoms with Crippen molar-refractivity contribution in [2.45, 2.75) is 38.8 Å². The van der Waals surface area contributed by atoms with Crippen molar-refractivity contribution < 1.29 is 19.4 Å². The third-order valence-corrected chi connectivity index (χ3v) is 2.84. The van der Waals surface area contributed by atoms with Crippen LogP contribution in [0.3, 0.4) is 0 Å². The number of nitrogens with zero attached hydrogens (tertiary/aromatic N) is 1. The number of rotatable bonds is 5. The van der Waals surface area contributed by atoms with Gasteiger partial charge in [0.15, 0.2) is 0 Å². The lowest BCUT2D eigenvalue weighted by atomic mass is 10.2. The second-order valence-corrected chi connectivity index (χ2v) is 6.56. The highest BCUT2D eigenvalue weighted by Crippen LogP contribution is 2.11. The van der Waals surface area contributed by atoms with E-state index in [0.717, 1.165) is 4.47 Å².